The molecule has 1 aromatic heterocycles. The van der Waals surface area contributed by atoms with Gasteiger partial charge in [0.1, 0.15) is 5.60 Å². The Morgan fingerprint density at radius 3 is 2.49 bits per heavy atom. The molecule has 0 bridgehead atoms. The van der Waals surface area contributed by atoms with Gasteiger partial charge in [-0.15, -0.1) is 0 Å². The van der Waals surface area contributed by atoms with Crippen LogP contribution in [0.4, 0.5) is 4.79 Å². The van der Waals surface area contributed by atoms with E-state index in [1.807, 2.05) is 71.9 Å². The molecular weight excluding hydrogens is 472 g/mol. The van der Waals surface area contributed by atoms with Crippen LogP contribution >= 0.6 is 0 Å². The van der Waals surface area contributed by atoms with Crippen molar-refractivity contribution in [3.63, 3.8) is 0 Å². The van der Waals surface area contributed by atoms with Crippen LogP contribution in [0.15, 0.2) is 36.5 Å². The van der Waals surface area contributed by atoms with Crippen LogP contribution in [-0.4, -0.2) is 65.6 Å². The molecule has 0 spiro atoms. The van der Waals surface area contributed by atoms with Crippen LogP contribution in [0.2, 0.25) is 0 Å². The number of unbranched alkanes of at least 4 members (excludes halogenated alkanes) is 1. The number of rotatable bonds is 14. The van der Waals surface area contributed by atoms with Crippen LogP contribution < -0.4 is 11.1 Å². The number of pyridine rings is 1. The number of alkyl carbamates (subject to hydrolysis) is 1. The molecule has 2 amide bonds. The number of nitrogens with one attached hydrogen (secondary N) is 1. The first-order valence-electron chi connectivity index (χ1n) is 13.1. The van der Waals surface area contributed by atoms with E-state index in [0.717, 1.165) is 16.5 Å². The van der Waals surface area contributed by atoms with Crippen LogP contribution in [-0.2, 0) is 25.5 Å². The standard InChI is InChI=1S/C28H44N4O5/c1-7-35-20-28(6,36-8-2)32(19-22-14-11-13-21-15-12-18-30-24(21)22)25(33)23(29)16-9-10-17-31-26(34)37-27(3,4)5/h11-15,18,23H,7-10,16-17,19-20,29H2,1-6H3,(H,31,34)/t23-,28-/m0/s1. The Bertz CT molecular complexity index is 1000. The summed E-state index contributed by atoms with van der Waals surface area (Å²) in [6.07, 6.45) is 3.11. The van der Waals surface area contributed by atoms with Crippen molar-refractivity contribution in [2.75, 3.05) is 26.4 Å². The predicted molar refractivity (Wildman–Crippen MR) is 145 cm³/mol. The van der Waals surface area contributed by atoms with E-state index >= 15 is 0 Å². The normalized spacial score (nSPS) is 14.1. The van der Waals surface area contributed by atoms with E-state index < -0.39 is 23.5 Å². The van der Waals surface area contributed by atoms with Crippen LogP contribution in [0.3, 0.4) is 0 Å². The maximum Gasteiger partial charge on any atom is 0.407 e. The summed E-state index contributed by atoms with van der Waals surface area (Å²) in [5, 5.41) is 3.74. The number of carbonyl (C=O) groups is 2. The second-order valence-electron chi connectivity index (χ2n) is 10.2. The SMILES string of the molecule is CCOC[C@](C)(OCC)N(Cc1cccc2cccnc12)C(=O)[C@@H](N)CCCCNC(=O)OC(C)(C)C. The van der Waals surface area contributed by atoms with E-state index in [4.69, 9.17) is 19.9 Å². The molecule has 0 aliphatic carbocycles. The zero-order chi connectivity index (χ0) is 27.5. The summed E-state index contributed by atoms with van der Waals surface area (Å²) in [6, 6.07) is 9.08. The first-order valence-corrected chi connectivity index (χ1v) is 13.1. The number of nitrogens with two attached hydrogens (primary N) is 1. The highest BCUT2D eigenvalue weighted by Gasteiger charge is 2.38. The minimum atomic E-state index is -1.01. The zero-order valence-corrected chi connectivity index (χ0v) is 23.2. The van der Waals surface area contributed by atoms with Gasteiger partial charge in [0.2, 0.25) is 5.91 Å². The lowest BCUT2D eigenvalue weighted by Crippen LogP contribution is -2.58. The minimum Gasteiger partial charge on any atom is -0.444 e. The summed E-state index contributed by atoms with van der Waals surface area (Å²) < 4.78 is 17.1. The van der Waals surface area contributed by atoms with Crippen LogP contribution in [0.25, 0.3) is 10.9 Å². The largest absolute Gasteiger partial charge is 0.444 e. The van der Waals surface area contributed by atoms with Gasteiger partial charge in [-0.25, -0.2) is 4.79 Å². The Kier molecular flexibility index (Phi) is 11.7. The Balaban J connectivity index is 2.14. The van der Waals surface area contributed by atoms with Gasteiger partial charge in [-0.2, -0.15) is 0 Å². The fraction of sp³-hybridized carbons (Fsp3) is 0.607. The van der Waals surface area contributed by atoms with E-state index in [-0.39, 0.29) is 19.1 Å². The first-order chi connectivity index (χ1) is 17.5. The summed E-state index contributed by atoms with van der Waals surface area (Å²) >= 11 is 0. The Morgan fingerprint density at radius 1 is 1.08 bits per heavy atom. The molecule has 9 heteroatoms. The Labute approximate surface area is 221 Å². The van der Waals surface area contributed by atoms with Gasteiger partial charge in [0.15, 0.2) is 5.72 Å². The molecule has 0 saturated carbocycles. The third kappa shape index (κ3) is 9.57. The van der Waals surface area contributed by atoms with Crippen molar-refractivity contribution in [1.29, 1.82) is 0 Å². The molecule has 0 radical (unpaired) electrons. The van der Waals surface area contributed by atoms with Crippen molar-refractivity contribution >= 4 is 22.9 Å². The molecular formula is C28H44N4O5. The maximum absolute atomic E-state index is 13.8. The highest BCUT2D eigenvalue weighted by molar-refractivity contribution is 5.84. The zero-order valence-electron chi connectivity index (χ0n) is 23.2. The topological polar surface area (TPSA) is 116 Å². The van der Waals surface area contributed by atoms with Gasteiger partial charge in [0, 0.05) is 31.3 Å². The van der Waals surface area contributed by atoms with Crippen LogP contribution in [0, 0.1) is 0 Å². The molecule has 9 nitrogen and oxygen atoms in total. The average molecular weight is 517 g/mol. The second kappa shape index (κ2) is 14.3. The number of hydrogen-bond acceptors (Lipinski definition) is 7. The molecule has 0 aliphatic heterocycles. The lowest BCUT2D eigenvalue weighted by Gasteiger charge is -2.42. The first kappa shape index (κ1) is 30.5. The molecule has 2 aromatic rings. The van der Waals surface area contributed by atoms with E-state index in [2.05, 4.69) is 10.3 Å². The van der Waals surface area contributed by atoms with Gasteiger partial charge in [0.05, 0.1) is 24.7 Å². The molecule has 0 fully saturated rings. The van der Waals surface area contributed by atoms with E-state index in [1.54, 1.807) is 11.1 Å². The van der Waals surface area contributed by atoms with Crippen molar-refractivity contribution in [3.05, 3.63) is 42.1 Å². The van der Waals surface area contributed by atoms with Gasteiger partial charge >= 0.3 is 6.09 Å². The summed E-state index contributed by atoms with van der Waals surface area (Å²) in [6.45, 7) is 13.0. The van der Waals surface area contributed by atoms with E-state index in [9.17, 15) is 9.59 Å². The number of carbonyl (C=O) groups excluding carboxylic acids is 2. The Hall–Kier alpha value is -2.75. The van der Waals surface area contributed by atoms with Crippen molar-refractivity contribution in [2.24, 2.45) is 5.73 Å². The molecule has 0 unspecified atom stereocenters. The molecule has 3 N–H and O–H groups in total. The van der Waals surface area contributed by atoms with Crippen molar-refractivity contribution < 1.29 is 23.8 Å². The fourth-order valence-corrected chi connectivity index (χ4v) is 4.06. The number of fused-ring (bicyclic) bond motifs is 1. The summed E-state index contributed by atoms with van der Waals surface area (Å²) in [4.78, 5) is 31.8. The third-order valence-electron chi connectivity index (χ3n) is 5.84. The molecule has 2 atom stereocenters. The van der Waals surface area contributed by atoms with Crippen LogP contribution in [0.5, 0.6) is 0 Å². The van der Waals surface area contributed by atoms with Gasteiger partial charge in [0.25, 0.3) is 0 Å². The van der Waals surface area contributed by atoms with Gasteiger partial charge < -0.3 is 30.2 Å². The fourth-order valence-electron chi connectivity index (χ4n) is 4.06. The van der Waals surface area contributed by atoms with Crippen molar-refractivity contribution in [2.45, 2.75) is 84.7 Å². The van der Waals surface area contributed by atoms with Crippen molar-refractivity contribution in [1.82, 2.24) is 15.2 Å². The monoisotopic (exact) mass is 516 g/mol. The molecule has 37 heavy (non-hydrogen) atoms. The summed E-state index contributed by atoms with van der Waals surface area (Å²) in [7, 11) is 0. The lowest BCUT2D eigenvalue weighted by molar-refractivity contribution is -0.191. The number of amides is 2. The number of benzene rings is 1. The highest BCUT2D eigenvalue weighted by Crippen LogP contribution is 2.26. The molecule has 1 heterocycles. The van der Waals surface area contributed by atoms with Crippen LogP contribution in [0.1, 0.15) is 66.4 Å². The molecule has 0 saturated heterocycles. The van der Waals surface area contributed by atoms with Gasteiger partial charge in [-0.05, 0) is 72.4 Å². The quantitative estimate of drug-likeness (QED) is 0.283. The smallest absolute Gasteiger partial charge is 0.407 e. The number of hydrogen-bond donors (Lipinski definition) is 2. The molecule has 206 valence electrons. The van der Waals surface area contributed by atoms with Gasteiger partial charge in [-0.3, -0.25) is 9.78 Å². The average Bonchev–Trinajstić information content (AvgIpc) is 2.84. The number of para-hydroxylation sites is 1. The number of aromatic nitrogens is 1. The summed E-state index contributed by atoms with van der Waals surface area (Å²) in [5.74, 6) is -0.219. The van der Waals surface area contributed by atoms with Gasteiger partial charge in [-0.1, -0.05) is 24.3 Å². The lowest BCUT2D eigenvalue weighted by atomic mass is 10.0. The number of ether oxygens (including phenoxy) is 3. The highest BCUT2D eigenvalue weighted by atomic mass is 16.6. The molecule has 1 aromatic carbocycles. The number of nitrogens with zero attached hydrogens (tertiary/aromatic N) is 2. The summed E-state index contributed by atoms with van der Waals surface area (Å²) in [5.41, 5.74) is 6.60. The molecule has 0 aliphatic rings. The van der Waals surface area contributed by atoms with Crippen molar-refractivity contribution in [3.8, 4) is 0 Å². The Morgan fingerprint density at radius 2 is 1.81 bits per heavy atom. The van der Waals surface area contributed by atoms with E-state index in [1.165, 1.54) is 0 Å². The predicted octanol–water partition coefficient (Wildman–Crippen LogP) is 4.37. The second-order valence-corrected chi connectivity index (χ2v) is 10.2. The minimum absolute atomic E-state index is 0.216. The third-order valence-corrected chi connectivity index (χ3v) is 5.84. The maximum atomic E-state index is 13.8. The molecule has 2 rings (SSSR count). The van der Waals surface area contributed by atoms with E-state index in [0.29, 0.717) is 39.0 Å².